The molecule has 2 aromatic rings. The number of fused-ring (bicyclic) bond motifs is 1. The van der Waals surface area contributed by atoms with Crippen LogP contribution in [0.4, 0.5) is 0 Å². The van der Waals surface area contributed by atoms with Crippen LogP contribution in [-0.4, -0.2) is 95.9 Å². The molecule has 2 N–H and O–H groups in total. The predicted molar refractivity (Wildman–Crippen MR) is 115 cm³/mol. The Bertz CT molecular complexity index is 799. The summed E-state index contributed by atoms with van der Waals surface area (Å²) in [6.07, 6.45) is 3.97. The lowest BCUT2D eigenvalue weighted by atomic mass is 9.97. The van der Waals surface area contributed by atoms with Crippen molar-refractivity contribution in [1.82, 2.24) is 19.4 Å². The van der Waals surface area contributed by atoms with Gasteiger partial charge in [0.1, 0.15) is 0 Å². The Morgan fingerprint density at radius 3 is 2.48 bits per heavy atom. The summed E-state index contributed by atoms with van der Waals surface area (Å²) in [6, 6.07) is 10.1. The molecule has 1 amide bonds. The van der Waals surface area contributed by atoms with Gasteiger partial charge in [0.25, 0.3) is 0 Å². The van der Waals surface area contributed by atoms with Crippen LogP contribution in [0.5, 0.6) is 0 Å². The molecule has 0 aliphatic carbocycles. The molecule has 158 valence electrons. The number of piperazine rings is 1. The quantitative estimate of drug-likeness (QED) is 0.728. The van der Waals surface area contributed by atoms with E-state index in [0.717, 1.165) is 82.6 Å². The molecule has 4 rings (SSSR count). The molecule has 1 unspecified atom stereocenters. The van der Waals surface area contributed by atoms with Crippen molar-refractivity contribution >= 4 is 16.8 Å². The maximum atomic E-state index is 12.9. The van der Waals surface area contributed by atoms with Crippen LogP contribution in [0.3, 0.4) is 0 Å². The Kier molecular flexibility index (Phi) is 6.82. The van der Waals surface area contributed by atoms with Crippen molar-refractivity contribution in [3.63, 3.8) is 0 Å². The summed E-state index contributed by atoms with van der Waals surface area (Å²) in [5.41, 5.74) is 4.13. The van der Waals surface area contributed by atoms with Crippen LogP contribution in [0.1, 0.15) is 12.8 Å². The maximum Gasteiger partial charge on any atom is 0.243 e. The summed E-state index contributed by atoms with van der Waals surface area (Å²) in [5, 5.41) is 10.2. The largest absolute Gasteiger partial charge is 0.395 e. The van der Waals surface area contributed by atoms with Gasteiger partial charge < -0.3 is 10.0 Å². The number of piperidine rings is 1. The van der Waals surface area contributed by atoms with E-state index in [4.69, 9.17) is 5.11 Å². The number of likely N-dealkylation sites (tertiary alicyclic amines) is 1. The SMILES string of the molecule is O=C(Nn1ccc2ccccc21)C1CCCN(CCN2CCN(CCO)CC2)C1. The van der Waals surface area contributed by atoms with Crippen LogP contribution < -0.4 is 5.43 Å². The number of nitrogens with zero attached hydrogens (tertiary/aromatic N) is 4. The van der Waals surface area contributed by atoms with E-state index in [2.05, 4.69) is 26.2 Å². The molecule has 1 aromatic carbocycles. The number of aliphatic hydroxyl groups excluding tert-OH is 1. The van der Waals surface area contributed by atoms with Gasteiger partial charge in [0.05, 0.1) is 18.0 Å². The van der Waals surface area contributed by atoms with E-state index in [1.54, 1.807) is 0 Å². The predicted octanol–water partition coefficient (Wildman–Crippen LogP) is 1.03. The third-order valence-electron chi connectivity index (χ3n) is 6.32. The van der Waals surface area contributed by atoms with Crippen molar-refractivity contribution in [2.75, 3.05) is 70.9 Å². The first-order chi connectivity index (χ1) is 14.2. The number of benzene rings is 1. The number of nitrogens with one attached hydrogen (secondary N) is 1. The number of para-hydroxylation sites is 1. The van der Waals surface area contributed by atoms with Gasteiger partial charge in [-0.25, -0.2) is 0 Å². The van der Waals surface area contributed by atoms with Crippen molar-refractivity contribution in [2.45, 2.75) is 12.8 Å². The molecule has 0 saturated carbocycles. The smallest absolute Gasteiger partial charge is 0.243 e. The Hall–Kier alpha value is -1.93. The number of hydrogen-bond acceptors (Lipinski definition) is 5. The Morgan fingerprint density at radius 1 is 0.966 bits per heavy atom. The average Bonchev–Trinajstić information content (AvgIpc) is 3.16. The first-order valence-corrected chi connectivity index (χ1v) is 10.9. The third kappa shape index (κ3) is 5.17. The second-order valence-electron chi connectivity index (χ2n) is 8.27. The number of carbonyl (C=O) groups is 1. The molecular formula is C22H33N5O2. The van der Waals surface area contributed by atoms with Gasteiger partial charge in [-0.1, -0.05) is 18.2 Å². The van der Waals surface area contributed by atoms with Crippen LogP contribution in [0, 0.1) is 5.92 Å². The minimum atomic E-state index is 0.0475. The zero-order valence-corrected chi connectivity index (χ0v) is 17.2. The minimum absolute atomic E-state index is 0.0475. The van der Waals surface area contributed by atoms with Crippen molar-refractivity contribution in [2.24, 2.45) is 5.92 Å². The summed E-state index contributed by atoms with van der Waals surface area (Å²) < 4.78 is 1.85. The molecule has 1 atom stereocenters. The van der Waals surface area contributed by atoms with Gasteiger partial charge in [0.15, 0.2) is 0 Å². The number of carbonyl (C=O) groups excluding carboxylic acids is 1. The van der Waals surface area contributed by atoms with Gasteiger partial charge in [-0.15, -0.1) is 0 Å². The van der Waals surface area contributed by atoms with E-state index in [1.165, 1.54) is 0 Å². The van der Waals surface area contributed by atoms with Gasteiger partial charge >= 0.3 is 0 Å². The topological polar surface area (TPSA) is 64.0 Å². The molecule has 2 saturated heterocycles. The lowest BCUT2D eigenvalue weighted by Crippen LogP contribution is -2.50. The fraction of sp³-hybridized carbons (Fsp3) is 0.591. The van der Waals surface area contributed by atoms with E-state index in [1.807, 2.05) is 35.1 Å². The summed E-state index contributed by atoms with van der Waals surface area (Å²) >= 11 is 0. The van der Waals surface area contributed by atoms with E-state index in [-0.39, 0.29) is 18.4 Å². The summed E-state index contributed by atoms with van der Waals surface area (Å²) in [4.78, 5) is 20.1. The fourth-order valence-corrected chi connectivity index (χ4v) is 4.52. The van der Waals surface area contributed by atoms with E-state index >= 15 is 0 Å². The molecule has 2 fully saturated rings. The molecular weight excluding hydrogens is 366 g/mol. The highest BCUT2D eigenvalue weighted by Gasteiger charge is 2.26. The van der Waals surface area contributed by atoms with Crippen LogP contribution in [0.25, 0.3) is 10.9 Å². The average molecular weight is 400 g/mol. The van der Waals surface area contributed by atoms with Crippen LogP contribution in [-0.2, 0) is 4.79 Å². The Morgan fingerprint density at radius 2 is 1.69 bits per heavy atom. The second-order valence-corrected chi connectivity index (χ2v) is 8.27. The summed E-state index contributed by atoms with van der Waals surface area (Å²) in [6.45, 7) is 9.25. The van der Waals surface area contributed by atoms with E-state index in [0.29, 0.717) is 0 Å². The normalized spacial score (nSPS) is 22.2. The number of hydrogen-bond donors (Lipinski definition) is 2. The Labute approximate surface area is 172 Å². The first kappa shape index (κ1) is 20.3. The lowest BCUT2D eigenvalue weighted by molar-refractivity contribution is -0.122. The molecule has 2 aliphatic rings. The van der Waals surface area contributed by atoms with Gasteiger partial charge in [0.2, 0.25) is 5.91 Å². The number of amides is 1. The van der Waals surface area contributed by atoms with Crippen molar-refractivity contribution in [3.05, 3.63) is 36.5 Å². The van der Waals surface area contributed by atoms with Crippen molar-refractivity contribution in [3.8, 4) is 0 Å². The van der Waals surface area contributed by atoms with Crippen molar-refractivity contribution in [1.29, 1.82) is 0 Å². The van der Waals surface area contributed by atoms with Crippen LogP contribution in [0.15, 0.2) is 36.5 Å². The second kappa shape index (κ2) is 9.71. The maximum absolute atomic E-state index is 12.9. The zero-order chi connectivity index (χ0) is 20.1. The van der Waals surface area contributed by atoms with Crippen LogP contribution in [0.2, 0.25) is 0 Å². The Balaban J connectivity index is 1.24. The molecule has 2 aliphatic heterocycles. The molecule has 0 bridgehead atoms. The molecule has 7 heteroatoms. The molecule has 1 aromatic heterocycles. The molecule has 3 heterocycles. The first-order valence-electron chi connectivity index (χ1n) is 10.9. The highest BCUT2D eigenvalue weighted by atomic mass is 16.3. The number of β-amino-alcohol motifs (C(OH)–C–C–N with tert-alkyl or cyclic N) is 1. The molecule has 0 spiro atoms. The number of rotatable bonds is 7. The number of aliphatic hydroxyl groups is 1. The third-order valence-corrected chi connectivity index (χ3v) is 6.32. The highest BCUT2D eigenvalue weighted by Crippen LogP contribution is 2.19. The van der Waals surface area contributed by atoms with Gasteiger partial charge in [-0.3, -0.25) is 24.7 Å². The zero-order valence-electron chi connectivity index (χ0n) is 17.2. The minimum Gasteiger partial charge on any atom is -0.395 e. The fourth-order valence-electron chi connectivity index (χ4n) is 4.52. The number of aromatic nitrogens is 1. The van der Waals surface area contributed by atoms with Gasteiger partial charge in [-0.2, -0.15) is 0 Å². The molecule has 0 radical (unpaired) electrons. The monoisotopic (exact) mass is 399 g/mol. The standard InChI is InChI=1S/C22H33N5O2/c28-17-16-25-12-10-24(11-13-25)14-15-26-8-3-5-20(18-26)22(29)23-27-9-7-19-4-1-2-6-21(19)27/h1-2,4,6-7,9,20,28H,3,5,8,10-18H2,(H,23,29). The lowest BCUT2D eigenvalue weighted by Gasteiger charge is -2.37. The van der Waals surface area contributed by atoms with Gasteiger partial charge in [0, 0.05) is 63.9 Å². The summed E-state index contributed by atoms with van der Waals surface area (Å²) in [7, 11) is 0. The molecule has 7 nitrogen and oxygen atoms in total. The van der Waals surface area contributed by atoms with E-state index < -0.39 is 0 Å². The summed E-state index contributed by atoms with van der Waals surface area (Å²) in [5.74, 6) is 0.167. The van der Waals surface area contributed by atoms with Crippen molar-refractivity contribution < 1.29 is 9.90 Å². The van der Waals surface area contributed by atoms with E-state index in [9.17, 15) is 4.79 Å². The highest BCUT2D eigenvalue weighted by molar-refractivity contribution is 5.89. The van der Waals surface area contributed by atoms with Gasteiger partial charge in [-0.05, 0) is 31.5 Å². The molecule has 29 heavy (non-hydrogen) atoms. The van der Waals surface area contributed by atoms with Crippen LogP contribution >= 0.6 is 0 Å².